The smallest absolute Gasteiger partial charge is 0.248 e. The summed E-state index contributed by atoms with van der Waals surface area (Å²) in [5.41, 5.74) is 10.9. The fourth-order valence-electron chi connectivity index (χ4n) is 3.29. The molecule has 4 rings (SSSR count). The first kappa shape index (κ1) is 10.7. The first-order valence-corrected chi connectivity index (χ1v) is 6.60. The molecule has 1 atom stereocenters. The maximum atomic E-state index is 11.9. The second kappa shape index (κ2) is 3.63. The van der Waals surface area contributed by atoms with Crippen molar-refractivity contribution >= 4 is 11.4 Å². The first-order chi connectivity index (χ1) is 9.22. The molecule has 1 unspecified atom stereocenters. The molecular formula is C15H15N3O. The molecule has 2 aromatic rings. The van der Waals surface area contributed by atoms with Crippen molar-refractivity contribution in [1.82, 2.24) is 4.98 Å². The highest BCUT2D eigenvalue weighted by molar-refractivity contribution is 5.83. The number of nitrogens with two attached hydrogens (primary N) is 1. The van der Waals surface area contributed by atoms with Gasteiger partial charge < -0.3 is 15.6 Å². The van der Waals surface area contributed by atoms with Crippen LogP contribution in [-0.4, -0.2) is 18.1 Å². The lowest BCUT2D eigenvalue weighted by molar-refractivity contribution is 0.755. The summed E-state index contributed by atoms with van der Waals surface area (Å²) in [6, 6.07) is 9.43. The van der Waals surface area contributed by atoms with Crippen LogP contribution in [0, 0.1) is 0 Å². The second-order valence-corrected chi connectivity index (χ2v) is 5.36. The van der Waals surface area contributed by atoms with Crippen molar-refractivity contribution in [3.05, 3.63) is 46.4 Å². The molecule has 1 fully saturated rings. The molecule has 0 aliphatic carbocycles. The topological polar surface area (TPSA) is 62.1 Å². The first-order valence-electron chi connectivity index (χ1n) is 6.60. The number of aromatic nitrogens is 1. The molecule has 3 heterocycles. The quantitative estimate of drug-likeness (QED) is 0.763. The van der Waals surface area contributed by atoms with Crippen molar-refractivity contribution in [1.29, 1.82) is 0 Å². The normalized spacial score (nSPS) is 19.8. The molecule has 2 aliphatic heterocycles. The highest BCUT2D eigenvalue weighted by Gasteiger charge is 2.37. The van der Waals surface area contributed by atoms with E-state index in [9.17, 15) is 4.79 Å². The molecule has 3 N–H and O–H groups in total. The Hall–Kier alpha value is -2.23. The van der Waals surface area contributed by atoms with Crippen LogP contribution >= 0.6 is 0 Å². The van der Waals surface area contributed by atoms with Crippen LogP contribution in [0.2, 0.25) is 0 Å². The van der Waals surface area contributed by atoms with E-state index in [4.69, 9.17) is 5.73 Å². The number of H-pyrrole nitrogens is 1. The monoisotopic (exact) mass is 253 g/mol. The van der Waals surface area contributed by atoms with Gasteiger partial charge in [0.2, 0.25) is 5.56 Å². The van der Waals surface area contributed by atoms with Gasteiger partial charge in [-0.3, -0.25) is 4.79 Å². The molecule has 0 saturated carbocycles. The lowest BCUT2D eigenvalue weighted by Crippen LogP contribution is -2.19. The molecule has 1 aromatic carbocycles. The lowest BCUT2D eigenvalue weighted by atomic mass is 9.97. The molecule has 1 saturated heterocycles. The van der Waals surface area contributed by atoms with Crippen molar-refractivity contribution in [2.75, 3.05) is 23.7 Å². The minimum atomic E-state index is -0.0145. The highest BCUT2D eigenvalue weighted by Crippen LogP contribution is 2.46. The van der Waals surface area contributed by atoms with E-state index in [1.54, 1.807) is 6.07 Å². The fourth-order valence-corrected chi connectivity index (χ4v) is 3.29. The van der Waals surface area contributed by atoms with Crippen LogP contribution in [0.4, 0.5) is 11.4 Å². The van der Waals surface area contributed by atoms with Gasteiger partial charge in [-0.1, -0.05) is 12.1 Å². The van der Waals surface area contributed by atoms with Crippen molar-refractivity contribution in [3.63, 3.8) is 0 Å². The Bertz CT molecular complexity index is 702. The Morgan fingerprint density at radius 1 is 1.26 bits per heavy atom. The summed E-state index contributed by atoms with van der Waals surface area (Å²) in [5.74, 6) is 0.497. The number of hydrogen-bond acceptors (Lipinski definition) is 3. The van der Waals surface area contributed by atoms with E-state index in [0.717, 1.165) is 42.0 Å². The molecule has 19 heavy (non-hydrogen) atoms. The van der Waals surface area contributed by atoms with Crippen LogP contribution in [0.15, 0.2) is 35.1 Å². The van der Waals surface area contributed by atoms with Crippen LogP contribution in [0.5, 0.6) is 0 Å². The number of anilines is 2. The average Bonchev–Trinajstić information content (AvgIpc) is 3.00. The molecule has 2 aliphatic rings. The van der Waals surface area contributed by atoms with Gasteiger partial charge in [0.05, 0.1) is 5.69 Å². The number of pyridine rings is 1. The van der Waals surface area contributed by atoms with Crippen LogP contribution in [0.1, 0.15) is 18.0 Å². The van der Waals surface area contributed by atoms with E-state index in [1.807, 2.05) is 24.3 Å². The number of nitrogens with zero attached hydrogens (tertiary/aromatic N) is 1. The molecule has 0 amide bonds. The van der Waals surface area contributed by atoms with E-state index in [2.05, 4.69) is 9.88 Å². The lowest BCUT2D eigenvalue weighted by Gasteiger charge is -2.21. The predicted molar refractivity (Wildman–Crippen MR) is 76.5 cm³/mol. The number of benzene rings is 1. The van der Waals surface area contributed by atoms with Crippen LogP contribution < -0.4 is 16.2 Å². The summed E-state index contributed by atoms with van der Waals surface area (Å²) in [5, 5.41) is 0. The molecule has 2 bridgehead atoms. The number of fused-ring (bicyclic) bond motifs is 5. The van der Waals surface area contributed by atoms with E-state index in [0.29, 0.717) is 5.92 Å². The number of hydrogen-bond donors (Lipinski definition) is 2. The van der Waals surface area contributed by atoms with Crippen LogP contribution in [0.25, 0.3) is 11.1 Å². The van der Waals surface area contributed by atoms with Gasteiger partial charge in [-0.2, -0.15) is 0 Å². The summed E-state index contributed by atoms with van der Waals surface area (Å²) < 4.78 is 0. The summed E-state index contributed by atoms with van der Waals surface area (Å²) in [6.45, 7) is 2.13. The summed E-state index contributed by atoms with van der Waals surface area (Å²) in [4.78, 5) is 17.3. The van der Waals surface area contributed by atoms with Gasteiger partial charge in [-0.25, -0.2) is 0 Å². The minimum Gasteiger partial charge on any atom is -0.399 e. The van der Waals surface area contributed by atoms with E-state index in [-0.39, 0.29) is 5.56 Å². The zero-order chi connectivity index (χ0) is 13.0. The minimum absolute atomic E-state index is 0.0145. The van der Waals surface area contributed by atoms with Crippen LogP contribution in [0.3, 0.4) is 0 Å². The van der Waals surface area contributed by atoms with Gasteiger partial charge in [0.1, 0.15) is 0 Å². The standard InChI is InChI=1S/C15H15N3O/c16-11-3-1-9(2-4-11)12-7-13(19)17-14-10-5-6-18(8-10)15(12)14/h1-4,7,10H,5-6,8,16H2,(H,17,19). The van der Waals surface area contributed by atoms with Gasteiger partial charge in [0.15, 0.2) is 0 Å². The molecule has 96 valence electrons. The van der Waals surface area contributed by atoms with Gasteiger partial charge in [-0.15, -0.1) is 0 Å². The summed E-state index contributed by atoms with van der Waals surface area (Å²) >= 11 is 0. The Labute approximate surface area is 110 Å². The maximum Gasteiger partial charge on any atom is 0.248 e. The van der Waals surface area contributed by atoms with Crippen molar-refractivity contribution in [2.45, 2.75) is 12.3 Å². The van der Waals surface area contributed by atoms with Crippen LogP contribution in [-0.2, 0) is 0 Å². The molecule has 0 radical (unpaired) electrons. The molecule has 1 aromatic heterocycles. The van der Waals surface area contributed by atoms with Gasteiger partial charge >= 0.3 is 0 Å². The number of nitrogens with one attached hydrogen (secondary N) is 1. The van der Waals surface area contributed by atoms with Gasteiger partial charge in [0.25, 0.3) is 0 Å². The van der Waals surface area contributed by atoms with Crippen molar-refractivity contribution in [2.24, 2.45) is 0 Å². The third-order valence-electron chi connectivity index (χ3n) is 4.18. The largest absolute Gasteiger partial charge is 0.399 e. The predicted octanol–water partition coefficient (Wildman–Crippen LogP) is 1.93. The Morgan fingerprint density at radius 2 is 2.05 bits per heavy atom. The number of aromatic amines is 1. The Balaban J connectivity index is 1.96. The second-order valence-electron chi connectivity index (χ2n) is 5.36. The molecule has 4 heteroatoms. The van der Waals surface area contributed by atoms with E-state index < -0.39 is 0 Å². The Kier molecular flexibility index (Phi) is 2.04. The number of nitrogen functional groups attached to an aromatic ring is 1. The SMILES string of the molecule is Nc1ccc(-c2cc(=O)[nH]c3c2N2CCC3C2)cc1. The van der Waals surface area contributed by atoms with Gasteiger partial charge in [-0.05, 0) is 24.1 Å². The molecule has 0 spiro atoms. The van der Waals surface area contributed by atoms with Crippen molar-refractivity contribution in [3.8, 4) is 11.1 Å². The summed E-state index contributed by atoms with van der Waals surface area (Å²) in [6.07, 6.45) is 1.15. The third-order valence-corrected chi connectivity index (χ3v) is 4.18. The molecular weight excluding hydrogens is 238 g/mol. The molecule has 4 nitrogen and oxygen atoms in total. The van der Waals surface area contributed by atoms with E-state index in [1.165, 1.54) is 5.69 Å². The van der Waals surface area contributed by atoms with Crippen molar-refractivity contribution < 1.29 is 0 Å². The fraction of sp³-hybridized carbons (Fsp3) is 0.267. The maximum absolute atomic E-state index is 11.9. The number of rotatable bonds is 1. The summed E-state index contributed by atoms with van der Waals surface area (Å²) in [7, 11) is 0. The Morgan fingerprint density at radius 3 is 2.84 bits per heavy atom. The highest BCUT2D eigenvalue weighted by atomic mass is 16.1. The van der Waals surface area contributed by atoms with E-state index >= 15 is 0 Å². The zero-order valence-corrected chi connectivity index (χ0v) is 10.5. The zero-order valence-electron chi connectivity index (χ0n) is 10.5. The third kappa shape index (κ3) is 1.49. The average molecular weight is 253 g/mol. The van der Waals surface area contributed by atoms with Gasteiger partial charge in [0, 0.05) is 42.0 Å².